The van der Waals surface area contributed by atoms with E-state index in [0.717, 1.165) is 12.3 Å². The van der Waals surface area contributed by atoms with E-state index in [1.54, 1.807) is 7.11 Å². The van der Waals surface area contributed by atoms with Crippen LogP contribution in [0.2, 0.25) is 0 Å². The molecule has 80 valence electrons. The molecular weight excluding hydrogens is 186 g/mol. The van der Waals surface area contributed by atoms with Crippen molar-refractivity contribution in [3.8, 4) is 0 Å². The molecule has 0 spiro atoms. The Balaban J connectivity index is 3.23. The third kappa shape index (κ3) is 8.56. The standard InChI is InChI=1S/C9H21NO2S/c1-8(7-13-3)4-10-5-9(11)6-12-2/h8-11H,4-7H2,1-3H3. The van der Waals surface area contributed by atoms with Crippen LogP contribution in [0.1, 0.15) is 6.92 Å². The lowest BCUT2D eigenvalue weighted by molar-refractivity contribution is 0.0643. The second-order valence-corrected chi connectivity index (χ2v) is 4.24. The lowest BCUT2D eigenvalue weighted by Crippen LogP contribution is -2.33. The summed E-state index contributed by atoms with van der Waals surface area (Å²) in [7, 11) is 1.60. The Labute approximate surface area is 85.2 Å². The van der Waals surface area contributed by atoms with Crippen LogP contribution in [0.4, 0.5) is 0 Å². The number of thioether (sulfide) groups is 1. The zero-order valence-corrected chi connectivity index (χ0v) is 9.56. The van der Waals surface area contributed by atoms with E-state index in [1.807, 2.05) is 11.8 Å². The Morgan fingerprint density at radius 3 is 2.69 bits per heavy atom. The molecule has 0 saturated carbocycles. The highest BCUT2D eigenvalue weighted by Gasteiger charge is 2.04. The summed E-state index contributed by atoms with van der Waals surface area (Å²) < 4.78 is 4.81. The molecule has 0 aliphatic rings. The molecule has 0 radical (unpaired) electrons. The molecule has 0 aliphatic carbocycles. The van der Waals surface area contributed by atoms with Crippen LogP contribution in [0, 0.1) is 5.92 Å². The molecule has 0 heterocycles. The Bertz CT molecular complexity index is 102. The molecule has 2 N–H and O–H groups in total. The van der Waals surface area contributed by atoms with Gasteiger partial charge in [0.15, 0.2) is 0 Å². The summed E-state index contributed by atoms with van der Waals surface area (Å²) in [6, 6.07) is 0. The van der Waals surface area contributed by atoms with Gasteiger partial charge in [-0.15, -0.1) is 0 Å². The monoisotopic (exact) mass is 207 g/mol. The van der Waals surface area contributed by atoms with Crippen LogP contribution in [0.25, 0.3) is 0 Å². The maximum atomic E-state index is 9.30. The number of hydrogen-bond donors (Lipinski definition) is 2. The molecule has 0 saturated heterocycles. The van der Waals surface area contributed by atoms with Gasteiger partial charge in [0, 0.05) is 13.7 Å². The highest BCUT2D eigenvalue weighted by atomic mass is 32.2. The highest BCUT2D eigenvalue weighted by molar-refractivity contribution is 7.98. The predicted octanol–water partition coefficient (Wildman–Crippen LogP) is 0.582. The normalized spacial score (nSPS) is 15.7. The van der Waals surface area contributed by atoms with E-state index in [0.29, 0.717) is 19.1 Å². The van der Waals surface area contributed by atoms with Crippen LogP contribution < -0.4 is 5.32 Å². The summed E-state index contributed by atoms with van der Waals surface area (Å²) in [5.41, 5.74) is 0. The second kappa shape index (κ2) is 8.81. The summed E-state index contributed by atoms with van der Waals surface area (Å²) in [6.07, 6.45) is 1.72. The summed E-state index contributed by atoms with van der Waals surface area (Å²) in [4.78, 5) is 0. The van der Waals surface area contributed by atoms with Crippen LogP contribution in [0.3, 0.4) is 0 Å². The zero-order chi connectivity index (χ0) is 10.1. The number of methoxy groups -OCH3 is 1. The van der Waals surface area contributed by atoms with Crippen LogP contribution in [-0.2, 0) is 4.74 Å². The van der Waals surface area contributed by atoms with Gasteiger partial charge in [0.25, 0.3) is 0 Å². The number of rotatable bonds is 8. The van der Waals surface area contributed by atoms with Gasteiger partial charge >= 0.3 is 0 Å². The van der Waals surface area contributed by atoms with Crippen molar-refractivity contribution in [1.82, 2.24) is 5.32 Å². The van der Waals surface area contributed by atoms with Crippen molar-refractivity contribution in [2.45, 2.75) is 13.0 Å². The summed E-state index contributed by atoms with van der Waals surface area (Å²) >= 11 is 1.85. The zero-order valence-electron chi connectivity index (χ0n) is 8.75. The number of nitrogens with one attached hydrogen (secondary N) is 1. The molecule has 2 atom stereocenters. The van der Waals surface area contributed by atoms with Crippen LogP contribution in [0.15, 0.2) is 0 Å². The van der Waals surface area contributed by atoms with Crippen LogP contribution in [-0.4, -0.2) is 50.0 Å². The third-order valence-electron chi connectivity index (χ3n) is 1.68. The van der Waals surface area contributed by atoms with Gasteiger partial charge in [-0.1, -0.05) is 6.92 Å². The van der Waals surface area contributed by atoms with E-state index in [-0.39, 0.29) is 6.10 Å². The summed E-state index contributed by atoms with van der Waals surface area (Å²) in [5.74, 6) is 1.82. The maximum absolute atomic E-state index is 9.30. The number of ether oxygens (including phenoxy) is 1. The van der Waals surface area contributed by atoms with Crippen LogP contribution in [0.5, 0.6) is 0 Å². The van der Waals surface area contributed by atoms with E-state index in [1.165, 1.54) is 0 Å². The van der Waals surface area contributed by atoms with Crippen molar-refractivity contribution in [3.05, 3.63) is 0 Å². The molecule has 0 aromatic heterocycles. The van der Waals surface area contributed by atoms with Gasteiger partial charge in [-0.25, -0.2) is 0 Å². The van der Waals surface area contributed by atoms with Crippen LogP contribution >= 0.6 is 11.8 Å². The average molecular weight is 207 g/mol. The topological polar surface area (TPSA) is 41.5 Å². The van der Waals surface area contributed by atoms with E-state index in [2.05, 4.69) is 18.5 Å². The van der Waals surface area contributed by atoms with Gasteiger partial charge in [-0.05, 0) is 24.5 Å². The molecule has 0 amide bonds. The van der Waals surface area contributed by atoms with Gasteiger partial charge in [-0.2, -0.15) is 11.8 Å². The lowest BCUT2D eigenvalue weighted by Gasteiger charge is -2.13. The van der Waals surface area contributed by atoms with E-state index >= 15 is 0 Å². The minimum absolute atomic E-state index is 0.383. The maximum Gasteiger partial charge on any atom is 0.0897 e. The third-order valence-corrected chi connectivity index (χ3v) is 2.59. The number of aliphatic hydroxyl groups excluding tert-OH is 1. The first-order valence-electron chi connectivity index (χ1n) is 4.57. The minimum Gasteiger partial charge on any atom is -0.389 e. The Hall–Kier alpha value is 0.230. The van der Waals surface area contributed by atoms with Crippen molar-refractivity contribution in [1.29, 1.82) is 0 Å². The quantitative estimate of drug-likeness (QED) is 0.611. The van der Waals surface area contributed by atoms with Gasteiger partial charge < -0.3 is 15.2 Å². The molecule has 0 fully saturated rings. The molecule has 2 unspecified atom stereocenters. The van der Waals surface area contributed by atoms with Gasteiger partial charge in [-0.3, -0.25) is 0 Å². The van der Waals surface area contributed by atoms with Crippen molar-refractivity contribution < 1.29 is 9.84 Å². The first kappa shape index (κ1) is 13.2. The molecule has 13 heavy (non-hydrogen) atoms. The predicted molar refractivity (Wildman–Crippen MR) is 58.3 cm³/mol. The van der Waals surface area contributed by atoms with E-state index in [4.69, 9.17) is 4.74 Å². The Morgan fingerprint density at radius 2 is 2.15 bits per heavy atom. The molecule has 0 aromatic carbocycles. The Morgan fingerprint density at radius 1 is 1.46 bits per heavy atom. The minimum atomic E-state index is -0.383. The molecule has 0 aromatic rings. The highest BCUT2D eigenvalue weighted by Crippen LogP contribution is 2.02. The van der Waals surface area contributed by atoms with Crippen molar-refractivity contribution >= 4 is 11.8 Å². The fraction of sp³-hybridized carbons (Fsp3) is 1.00. The molecule has 4 heteroatoms. The number of hydrogen-bond acceptors (Lipinski definition) is 4. The molecule has 3 nitrogen and oxygen atoms in total. The average Bonchev–Trinajstić information content (AvgIpc) is 2.05. The number of aliphatic hydroxyl groups is 1. The van der Waals surface area contributed by atoms with Crippen molar-refractivity contribution in [3.63, 3.8) is 0 Å². The van der Waals surface area contributed by atoms with Crippen molar-refractivity contribution in [2.24, 2.45) is 5.92 Å². The molecule has 0 rings (SSSR count). The molecule has 0 bridgehead atoms. The second-order valence-electron chi connectivity index (χ2n) is 3.33. The Kier molecular flexibility index (Phi) is 8.97. The summed E-state index contributed by atoms with van der Waals surface area (Å²) in [6.45, 7) is 4.18. The fourth-order valence-electron chi connectivity index (χ4n) is 1.09. The largest absolute Gasteiger partial charge is 0.389 e. The molecular formula is C9H21NO2S. The van der Waals surface area contributed by atoms with Crippen molar-refractivity contribution in [2.75, 3.05) is 38.8 Å². The summed E-state index contributed by atoms with van der Waals surface area (Å²) in [5, 5.41) is 12.5. The molecule has 0 aliphatic heterocycles. The van der Waals surface area contributed by atoms with Gasteiger partial charge in [0.2, 0.25) is 0 Å². The first-order valence-corrected chi connectivity index (χ1v) is 5.96. The van der Waals surface area contributed by atoms with E-state index in [9.17, 15) is 5.11 Å². The van der Waals surface area contributed by atoms with Gasteiger partial charge in [0.1, 0.15) is 0 Å². The van der Waals surface area contributed by atoms with E-state index < -0.39 is 0 Å². The SMILES string of the molecule is COCC(O)CNCC(C)CSC. The lowest BCUT2D eigenvalue weighted by atomic mass is 10.2. The first-order chi connectivity index (χ1) is 6.20. The smallest absolute Gasteiger partial charge is 0.0897 e. The fourth-order valence-corrected chi connectivity index (χ4v) is 1.78. The van der Waals surface area contributed by atoms with Gasteiger partial charge in [0.05, 0.1) is 12.7 Å².